The van der Waals surface area contributed by atoms with Gasteiger partial charge in [0.15, 0.2) is 0 Å². The zero-order valence-corrected chi connectivity index (χ0v) is 12.3. The number of aromatic hydroxyl groups is 1. The van der Waals surface area contributed by atoms with E-state index in [1.165, 1.54) is 37.5 Å². The summed E-state index contributed by atoms with van der Waals surface area (Å²) in [6, 6.07) is 3.83. The van der Waals surface area contributed by atoms with Crippen molar-refractivity contribution in [3.8, 4) is 5.75 Å². The molecule has 1 aromatic rings. The number of rotatable bonds is 5. The molecule has 2 aliphatic rings. The van der Waals surface area contributed by atoms with E-state index in [1.54, 1.807) is 0 Å². The van der Waals surface area contributed by atoms with E-state index >= 15 is 0 Å². The first kappa shape index (κ1) is 14.8. The molecule has 0 saturated heterocycles. The summed E-state index contributed by atoms with van der Waals surface area (Å²) >= 11 is 0. The molecule has 2 aliphatic carbocycles. The first-order chi connectivity index (χ1) is 10.5. The fourth-order valence-corrected chi connectivity index (χ4v) is 3.96. The number of carbonyl (C=O) groups is 1. The summed E-state index contributed by atoms with van der Waals surface area (Å²) in [7, 11) is 0. The Labute approximate surface area is 128 Å². The highest BCUT2D eigenvalue weighted by molar-refractivity contribution is 5.76. The molecule has 2 bridgehead atoms. The average molecular weight is 304 g/mol. The van der Waals surface area contributed by atoms with E-state index in [1.807, 2.05) is 0 Å². The number of hydrogen-bond acceptors (Lipinski definition) is 4. The predicted molar refractivity (Wildman–Crippen MR) is 80.2 cm³/mol. The number of carbonyl (C=O) groups excluding carboxylic acids is 1. The van der Waals surface area contributed by atoms with Gasteiger partial charge in [-0.1, -0.05) is 6.42 Å². The number of phenolic OH excluding ortho intramolecular Hbond substituents is 1. The van der Waals surface area contributed by atoms with Crippen molar-refractivity contribution in [2.45, 2.75) is 38.6 Å². The fourth-order valence-electron chi connectivity index (χ4n) is 3.96. The van der Waals surface area contributed by atoms with Crippen LogP contribution in [0.1, 0.15) is 37.7 Å². The lowest BCUT2D eigenvalue weighted by Gasteiger charge is -2.20. The zero-order chi connectivity index (χ0) is 15.7. The van der Waals surface area contributed by atoms with Gasteiger partial charge in [-0.05, 0) is 43.1 Å². The molecule has 3 rings (SSSR count). The van der Waals surface area contributed by atoms with Crippen LogP contribution in [-0.2, 0) is 11.3 Å². The monoisotopic (exact) mass is 304 g/mol. The SMILES string of the molecule is O=C(C[C@H]1C[C@H]2CC[C@@H]1C2)NCc1cc([N+](=O)[O-])ccc1O. The Morgan fingerprint density at radius 1 is 1.36 bits per heavy atom. The quantitative estimate of drug-likeness (QED) is 0.646. The van der Waals surface area contributed by atoms with Gasteiger partial charge >= 0.3 is 0 Å². The van der Waals surface area contributed by atoms with Gasteiger partial charge in [0.2, 0.25) is 5.91 Å². The van der Waals surface area contributed by atoms with E-state index in [0.717, 1.165) is 12.3 Å². The number of phenols is 1. The molecule has 2 fully saturated rings. The molecule has 22 heavy (non-hydrogen) atoms. The van der Waals surface area contributed by atoms with Gasteiger partial charge in [0, 0.05) is 30.7 Å². The molecule has 6 heteroatoms. The Bertz CT molecular complexity index is 602. The number of amides is 1. The molecular weight excluding hydrogens is 284 g/mol. The van der Waals surface area contributed by atoms with Crippen LogP contribution in [0.3, 0.4) is 0 Å². The highest BCUT2D eigenvalue weighted by Gasteiger charge is 2.40. The molecule has 0 aliphatic heterocycles. The second kappa shape index (κ2) is 5.94. The molecular formula is C16H20N2O4. The zero-order valence-electron chi connectivity index (χ0n) is 12.3. The second-order valence-electron chi connectivity index (χ2n) is 6.49. The number of nitrogens with one attached hydrogen (secondary N) is 1. The third-order valence-electron chi connectivity index (χ3n) is 5.08. The van der Waals surface area contributed by atoms with Crippen molar-refractivity contribution in [2.75, 3.05) is 0 Å². The highest BCUT2D eigenvalue weighted by Crippen LogP contribution is 2.49. The highest BCUT2D eigenvalue weighted by atomic mass is 16.6. The molecule has 3 atom stereocenters. The number of nitrogens with zero attached hydrogens (tertiary/aromatic N) is 1. The molecule has 6 nitrogen and oxygen atoms in total. The standard InChI is InChI=1S/C16H20N2O4/c19-15-4-3-14(18(21)22)7-13(15)9-17-16(20)8-12-6-10-1-2-11(12)5-10/h3-4,7,10-12,19H,1-2,5-6,8-9H2,(H,17,20)/t10-,11+,12+/m0/s1. The van der Waals surface area contributed by atoms with Gasteiger partial charge in [0.05, 0.1) is 4.92 Å². The summed E-state index contributed by atoms with van der Waals surface area (Å²) in [6.07, 6.45) is 5.50. The van der Waals surface area contributed by atoms with Crippen molar-refractivity contribution < 1.29 is 14.8 Å². The fraction of sp³-hybridized carbons (Fsp3) is 0.562. The van der Waals surface area contributed by atoms with Gasteiger partial charge in [0.25, 0.3) is 5.69 Å². The summed E-state index contributed by atoms with van der Waals surface area (Å²) in [5, 5.41) is 23.2. The molecule has 2 saturated carbocycles. The molecule has 118 valence electrons. The first-order valence-electron chi connectivity index (χ1n) is 7.76. The van der Waals surface area contributed by atoms with Crippen LogP contribution in [0.4, 0.5) is 5.69 Å². The Hall–Kier alpha value is -2.11. The van der Waals surface area contributed by atoms with Gasteiger partial charge in [-0.2, -0.15) is 0 Å². The lowest BCUT2D eigenvalue weighted by molar-refractivity contribution is -0.384. The smallest absolute Gasteiger partial charge is 0.270 e. The Morgan fingerprint density at radius 2 is 2.18 bits per heavy atom. The minimum Gasteiger partial charge on any atom is -0.508 e. The number of benzene rings is 1. The van der Waals surface area contributed by atoms with Crippen LogP contribution in [0.2, 0.25) is 0 Å². The van der Waals surface area contributed by atoms with Crippen LogP contribution in [0.5, 0.6) is 5.75 Å². The largest absolute Gasteiger partial charge is 0.508 e. The predicted octanol–water partition coefficient (Wildman–Crippen LogP) is 2.74. The molecule has 0 heterocycles. The van der Waals surface area contributed by atoms with E-state index in [0.29, 0.717) is 23.8 Å². The van der Waals surface area contributed by atoms with Crippen LogP contribution in [-0.4, -0.2) is 15.9 Å². The van der Waals surface area contributed by atoms with E-state index < -0.39 is 4.92 Å². The Balaban J connectivity index is 1.54. The first-order valence-corrected chi connectivity index (χ1v) is 7.76. The van der Waals surface area contributed by atoms with Gasteiger partial charge in [0.1, 0.15) is 5.75 Å². The maximum Gasteiger partial charge on any atom is 0.270 e. The lowest BCUT2D eigenvalue weighted by atomic mass is 9.86. The van der Waals surface area contributed by atoms with Crippen LogP contribution < -0.4 is 5.32 Å². The minimum absolute atomic E-state index is 0.0363. The molecule has 0 spiro atoms. The number of nitro groups is 1. The topological polar surface area (TPSA) is 92.5 Å². The maximum atomic E-state index is 12.1. The summed E-state index contributed by atoms with van der Waals surface area (Å²) < 4.78 is 0. The van der Waals surface area contributed by atoms with Crippen molar-refractivity contribution >= 4 is 11.6 Å². The van der Waals surface area contributed by atoms with E-state index in [-0.39, 0.29) is 23.9 Å². The molecule has 1 amide bonds. The Kier molecular flexibility index (Phi) is 4.00. The lowest BCUT2D eigenvalue weighted by Crippen LogP contribution is -2.27. The number of non-ortho nitro benzene ring substituents is 1. The van der Waals surface area contributed by atoms with Crippen molar-refractivity contribution in [1.29, 1.82) is 0 Å². The van der Waals surface area contributed by atoms with E-state index in [9.17, 15) is 20.0 Å². The third kappa shape index (κ3) is 3.05. The van der Waals surface area contributed by atoms with Crippen LogP contribution in [0.15, 0.2) is 18.2 Å². The Morgan fingerprint density at radius 3 is 2.82 bits per heavy atom. The van der Waals surface area contributed by atoms with Crippen LogP contribution >= 0.6 is 0 Å². The number of nitro benzene ring substituents is 1. The van der Waals surface area contributed by atoms with Gasteiger partial charge < -0.3 is 10.4 Å². The molecule has 0 radical (unpaired) electrons. The van der Waals surface area contributed by atoms with Crippen LogP contribution in [0.25, 0.3) is 0 Å². The van der Waals surface area contributed by atoms with Gasteiger partial charge in [-0.15, -0.1) is 0 Å². The molecule has 0 aromatic heterocycles. The van der Waals surface area contributed by atoms with E-state index in [4.69, 9.17) is 0 Å². The molecule has 1 aromatic carbocycles. The molecule has 2 N–H and O–H groups in total. The minimum atomic E-state index is -0.514. The maximum absolute atomic E-state index is 12.1. The van der Waals surface area contributed by atoms with E-state index in [2.05, 4.69) is 5.32 Å². The molecule has 0 unspecified atom stereocenters. The van der Waals surface area contributed by atoms with Crippen molar-refractivity contribution in [2.24, 2.45) is 17.8 Å². The number of fused-ring (bicyclic) bond motifs is 2. The summed E-state index contributed by atoms with van der Waals surface area (Å²) in [6.45, 7) is 0.118. The van der Waals surface area contributed by atoms with Gasteiger partial charge in [-0.3, -0.25) is 14.9 Å². The summed E-state index contributed by atoms with van der Waals surface area (Å²) in [5.74, 6) is 1.91. The number of hydrogen-bond donors (Lipinski definition) is 2. The second-order valence-corrected chi connectivity index (χ2v) is 6.49. The van der Waals surface area contributed by atoms with Crippen molar-refractivity contribution in [3.63, 3.8) is 0 Å². The van der Waals surface area contributed by atoms with Crippen molar-refractivity contribution in [3.05, 3.63) is 33.9 Å². The van der Waals surface area contributed by atoms with Crippen molar-refractivity contribution in [1.82, 2.24) is 5.32 Å². The summed E-state index contributed by atoms with van der Waals surface area (Å²) in [5.41, 5.74) is 0.283. The van der Waals surface area contributed by atoms with Gasteiger partial charge in [-0.25, -0.2) is 0 Å². The summed E-state index contributed by atoms with van der Waals surface area (Å²) in [4.78, 5) is 22.3. The average Bonchev–Trinajstić information content (AvgIpc) is 3.08. The normalized spacial score (nSPS) is 26.1. The third-order valence-corrected chi connectivity index (χ3v) is 5.08. The van der Waals surface area contributed by atoms with Crippen LogP contribution in [0, 0.1) is 27.9 Å².